The van der Waals surface area contributed by atoms with Crippen molar-refractivity contribution < 1.29 is 0 Å². The van der Waals surface area contributed by atoms with E-state index in [1.807, 2.05) is 26.4 Å². The van der Waals surface area contributed by atoms with E-state index in [2.05, 4.69) is 32.2 Å². The van der Waals surface area contributed by atoms with Crippen LogP contribution in [0, 0.1) is 6.92 Å². The molecule has 0 fully saturated rings. The lowest BCUT2D eigenvalue weighted by molar-refractivity contribution is 0.543. The number of hydrogen-bond donors (Lipinski definition) is 1. The van der Waals surface area contributed by atoms with Crippen LogP contribution in [0.5, 0.6) is 0 Å². The van der Waals surface area contributed by atoms with E-state index >= 15 is 0 Å². The second-order valence-electron chi connectivity index (χ2n) is 3.97. The molecule has 0 bridgehead atoms. The van der Waals surface area contributed by atoms with Gasteiger partial charge in [-0.15, -0.1) is 11.3 Å². The molecule has 17 heavy (non-hydrogen) atoms. The normalized spacial score (nSPS) is 12.9. The quantitative estimate of drug-likeness (QED) is 0.884. The summed E-state index contributed by atoms with van der Waals surface area (Å²) in [6.07, 6.45) is 4.76. The molecule has 0 spiro atoms. The van der Waals surface area contributed by atoms with Crippen molar-refractivity contribution in [2.45, 2.75) is 32.9 Å². The van der Waals surface area contributed by atoms with Gasteiger partial charge in [-0.3, -0.25) is 0 Å². The number of rotatable bonds is 5. The minimum atomic E-state index is 0.243. The number of thiazole rings is 1. The van der Waals surface area contributed by atoms with Crippen LogP contribution in [0.4, 0.5) is 0 Å². The molecule has 0 aliphatic rings. The molecule has 2 heterocycles. The Hall–Kier alpha value is -1.20. The minimum absolute atomic E-state index is 0.243. The zero-order valence-corrected chi connectivity index (χ0v) is 11.3. The van der Waals surface area contributed by atoms with Gasteiger partial charge in [-0.05, 0) is 20.9 Å². The number of hydrogen-bond acceptors (Lipinski definition) is 4. The Balaban J connectivity index is 2.15. The SMILES string of the molecule is CCn1ccnc1CC(NC)c1csc(C)n1. The molecule has 0 saturated heterocycles. The largest absolute Gasteiger partial charge is 0.335 e. The van der Waals surface area contributed by atoms with Crippen molar-refractivity contribution >= 4 is 11.3 Å². The zero-order chi connectivity index (χ0) is 12.3. The van der Waals surface area contributed by atoms with E-state index in [1.165, 1.54) is 0 Å². The van der Waals surface area contributed by atoms with Crippen LogP contribution in [0.15, 0.2) is 17.8 Å². The number of likely N-dealkylation sites (N-methyl/N-ethyl adjacent to an activating group) is 1. The fourth-order valence-electron chi connectivity index (χ4n) is 1.90. The van der Waals surface area contributed by atoms with Crippen molar-refractivity contribution in [1.29, 1.82) is 0 Å². The summed E-state index contributed by atoms with van der Waals surface area (Å²) in [5.74, 6) is 1.11. The standard InChI is InChI=1S/C12H18N4S/c1-4-16-6-5-14-12(16)7-10(13-3)11-8-17-9(2)15-11/h5-6,8,10,13H,4,7H2,1-3H3. The molecule has 2 aromatic rings. The third-order valence-corrected chi connectivity index (χ3v) is 3.66. The fourth-order valence-corrected chi connectivity index (χ4v) is 2.56. The summed E-state index contributed by atoms with van der Waals surface area (Å²) in [4.78, 5) is 8.94. The van der Waals surface area contributed by atoms with Gasteiger partial charge in [0.05, 0.1) is 16.7 Å². The van der Waals surface area contributed by atoms with Crippen molar-refractivity contribution in [3.05, 3.63) is 34.3 Å². The van der Waals surface area contributed by atoms with E-state index in [9.17, 15) is 0 Å². The molecule has 1 unspecified atom stereocenters. The molecule has 1 atom stereocenters. The third kappa shape index (κ3) is 2.73. The Kier molecular flexibility index (Phi) is 3.91. The molecule has 0 saturated carbocycles. The molecule has 4 nitrogen and oxygen atoms in total. The van der Waals surface area contributed by atoms with Crippen LogP contribution in [0.3, 0.4) is 0 Å². The Morgan fingerprint density at radius 2 is 2.35 bits per heavy atom. The molecule has 0 radical (unpaired) electrons. The minimum Gasteiger partial charge on any atom is -0.335 e. The highest BCUT2D eigenvalue weighted by Crippen LogP contribution is 2.19. The molecule has 2 aromatic heterocycles. The maximum absolute atomic E-state index is 4.54. The van der Waals surface area contributed by atoms with Crippen LogP contribution >= 0.6 is 11.3 Å². The summed E-state index contributed by atoms with van der Waals surface area (Å²) in [5.41, 5.74) is 1.11. The summed E-state index contributed by atoms with van der Waals surface area (Å²) in [7, 11) is 1.97. The molecule has 5 heteroatoms. The summed E-state index contributed by atoms with van der Waals surface area (Å²) in [6.45, 7) is 5.13. The lowest BCUT2D eigenvalue weighted by Gasteiger charge is -2.14. The van der Waals surface area contributed by atoms with Gasteiger partial charge in [-0.25, -0.2) is 9.97 Å². The topological polar surface area (TPSA) is 42.7 Å². The van der Waals surface area contributed by atoms with Crippen LogP contribution in [0.25, 0.3) is 0 Å². The van der Waals surface area contributed by atoms with Crippen LogP contribution in [-0.4, -0.2) is 21.6 Å². The van der Waals surface area contributed by atoms with Gasteiger partial charge >= 0.3 is 0 Å². The molecule has 2 rings (SSSR count). The van der Waals surface area contributed by atoms with Crippen molar-refractivity contribution in [1.82, 2.24) is 19.9 Å². The predicted octanol–water partition coefficient (Wildman–Crippen LogP) is 2.17. The first-order valence-corrected chi connectivity index (χ1v) is 6.71. The van der Waals surface area contributed by atoms with E-state index in [0.717, 1.165) is 29.5 Å². The summed E-state index contributed by atoms with van der Waals surface area (Å²) >= 11 is 1.69. The second-order valence-corrected chi connectivity index (χ2v) is 5.03. The molecular formula is C12H18N4S. The summed E-state index contributed by atoms with van der Waals surface area (Å²) < 4.78 is 2.17. The molecule has 0 aliphatic heterocycles. The molecule has 0 aliphatic carbocycles. The molecule has 1 N–H and O–H groups in total. The van der Waals surface area contributed by atoms with E-state index in [0.29, 0.717) is 0 Å². The smallest absolute Gasteiger partial charge is 0.110 e. The predicted molar refractivity (Wildman–Crippen MR) is 70.3 cm³/mol. The fraction of sp³-hybridized carbons (Fsp3) is 0.500. The molecule has 92 valence electrons. The number of imidazole rings is 1. The summed E-state index contributed by atoms with van der Waals surface area (Å²) in [5, 5.41) is 6.54. The third-order valence-electron chi connectivity index (χ3n) is 2.87. The van der Waals surface area contributed by atoms with Crippen molar-refractivity contribution in [3.8, 4) is 0 Å². The van der Waals surface area contributed by atoms with E-state index < -0.39 is 0 Å². The highest BCUT2D eigenvalue weighted by molar-refractivity contribution is 7.09. The zero-order valence-electron chi connectivity index (χ0n) is 10.5. The lowest BCUT2D eigenvalue weighted by Crippen LogP contribution is -2.21. The van der Waals surface area contributed by atoms with E-state index in [1.54, 1.807) is 11.3 Å². The van der Waals surface area contributed by atoms with Gasteiger partial charge in [0.1, 0.15) is 5.82 Å². The van der Waals surface area contributed by atoms with Crippen LogP contribution in [0.1, 0.15) is 29.5 Å². The summed E-state index contributed by atoms with van der Waals surface area (Å²) in [6, 6.07) is 0.243. The van der Waals surface area contributed by atoms with Gasteiger partial charge in [-0.1, -0.05) is 0 Å². The monoisotopic (exact) mass is 250 g/mol. The first-order valence-electron chi connectivity index (χ1n) is 5.84. The maximum atomic E-state index is 4.54. The van der Waals surface area contributed by atoms with Gasteiger partial charge in [0, 0.05) is 30.7 Å². The first-order chi connectivity index (χ1) is 8.24. The van der Waals surface area contributed by atoms with Crippen molar-refractivity contribution in [2.24, 2.45) is 0 Å². The van der Waals surface area contributed by atoms with Crippen molar-refractivity contribution in [2.75, 3.05) is 7.05 Å². The first kappa shape index (κ1) is 12.3. The highest BCUT2D eigenvalue weighted by atomic mass is 32.1. The highest BCUT2D eigenvalue weighted by Gasteiger charge is 2.15. The second kappa shape index (κ2) is 5.42. The van der Waals surface area contributed by atoms with Gasteiger partial charge in [0.15, 0.2) is 0 Å². The molecular weight excluding hydrogens is 232 g/mol. The lowest BCUT2D eigenvalue weighted by atomic mass is 10.1. The van der Waals surface area contributed by atoms with Crippen LogP contribution in [-0.2, 0) is 13.0 Å². The van der Waals surface area contributed by atoms with Crippen molar-refractivity contribution in [3.63, 3.8) is 0 Å². The number of aromatic nitrogens is 3. The Morgan fingerprint density at radius 3 is 2.94 bits per heavy atom. The molecule has 0 aromatic carbocycles. The van der Waals surface area contributed by atoms with Gasteiger partial charge < -0.3 is 9.88 Å². The van der Waals surface area contributed by atoms with E-state index in [4.69, 9.17) is 0 Å². The molecule has 0 amide bonds. The number of aryl methyl sites for hydroxylation is 2. The maximum Gasteiger partial charge on any atom is 0.110 e. The number of nitrogens with zero attached hydrogens (tertiary/aromatic N) is 3. The Bertz CT molecular complexity index is 474. The van der Waals surface area contributed by atoms with Gasteiger partial charge in [-0.2, -0.15) is 0 Å². The average molecular weight is 250 g/mol. The Labute approximate surface area is 106 Å². The van der Waals surface area contributed by atoms with Crippen LogP contribution in [0.2, 0.25) is 0 Å². The average Bonchev–Trinajstić information content (AvgIpc) is 2.94. The number of nitrogens with one attached hydrogen (secondary N) is 1. The van der Waals surface area contributed by atoms with Gasteiger partial charge in [0.25, 0.3) is 0 Å². The van der Waals surface area contributed by atoms with Crippen LogP contribution < -0.4 is 5.32 Å². The Morgan fingerprint density at radius 1 is 1.53 bits per heavy atom. The van der Waals surface area contributed by atoms with Gasteiger partial charge in [0.2, 0.25) is 0 Å². The van der Waals surface area contributed by atoms with E-state index in [-0.39, 0.29) is 6.04 Å².